The molecule has 1 rings (SSSR count). The molecule has 1 aromatic carbocycles. The summed E-state index contributed by atoms with van der Waals surface area (Å²) in [5, 5.41) is 3.10. The Morgan fingerprint density at radius 2 is 1.74 bits per heavy atom. The maximum atomic E-state index is 12.1. The number of hydrogen-bond acceptors (Lipinski definition) is 3. The van der Waals surface area contributed by atoms with Crippen LogP contribution in [0.25, 0.3) is 0 Å². The van der Waals surface area contributed by atoms with E-state index in [1.165, 1.54) is 5.56 Å². The predicted molar refractivity (Wildman–Crippen MR) is 80.5 cm³/mol. The van der Waals surface area contributed by atoms with E-state index in [2.05, 4.69) is 29.6 Å². The third-order valence-corrected chi connectivity index (χ3v) is 3.30. The lowest BCUT2D eigenvalue weighted by Gasteiger charge is -2.26. The van der Waals surface area contributed by atoms with Crippen molar-refractivity contribution in [3.05, 3.63) is 29.8 Å². The zero-order valence-corrected chi connectivity index (χ0v) is 12.6. The fourth-order valence-corrected chi connectivity index (χ4v) is 2.04. The Balaban J connectivity index is 2.63. The van der Waals surface area contributed by atoms with E-state index in [4.69, 9.17) is 0 Å². The van der Waals surface area contributed by atoms with Gasteiger partial charge in [-0.15, -0.1) is 0 Å². The van der Waals surface area contributed by atoms with Gasteiger partial charge in [0.2, 0.25) is 5.91 Å². The van der Waals surface area contributed by atoms with Crippen LogP contribution in [0.15, 0.2) is 24.3 Å². The number of nitrogens with one attached hydrogen (secondary N) is 1. The number of benzene rings is 1. The molecule has 4 nitrogen and oxygen atoms in total. The van der Waals surface area contributed by atoms with Crippen molar-refractivity contribution in [1.82, 2.24) is 9.80 Å². The van der Waals surface area contributed by atoms with E-state index in [1.807, 2.05) is 26.0 Å². The van der Waals surface area contributed by atoms with Crippen molar-refractivity contribution in [2.24, 2.45) is 0 Å². The number of hydrogen-bond donors (Lipinski definition) is 1. The minimum atomic E-state index is -0.0565. The predicted octanol–water partition coefficient (Wildman–Crippen LogP) is 1.68. The van der Waals surface area contributed by atoms with Gasteiger partial charge in [-0.25, -0.2) is 0 Å². The molecule has 0 aliphatic heterocycles. The fourth-order valence-electron chi connectivity index (χ4n) is 2.04. The van der Waals surface area contributed by atoms with E-state index in [-0.39, 0.29) is 11.9 Å². The summed E-state index contributed by atoms with van der Waals surface area (Å²) in [5.74, 6) is 0.164. The Morgan fingerprint density at radius 1 is 1.16 bits per heavy atom. The topological polar surface area (TPSA) is 35.6 Å². The minimum Gasteiger partial charge on any atom is -0.388 e. The van der Waals surface area contributed by atoms with Crippen molar-refractivity contribution < 1.29 is 4.79 Å². The number of amides is 1. The second kappa shape index (κ2) is 7.14. The van der Waals surface area contributed by atoms with Crippen LogP contribution in [0.4, 0.5) is 5.69 Å². The first-order chi connectivity index (χ1) is 8.95. The van der Waals surface area contributed by atoms with Crippen molar-refractivity contribution in [2.45, 2.75) is 18.9 Å². The number of nitrogens with zero attached hydrogens (tertiary/aromatic N) is 2. The van der Waals surface area contributed by atoms with Crippen molar-refractivity contribution in [3.63, 3.8) is 0 Å². The summed E-state index contributed by atoms with van der Waals surface area (Å²) in [6.07, 6.45) is 1.75. The molecule has 0 saturated heterocycles. The van der Waals surface area contributed by atoms with Gasteiger partial charge in [0.15, 0.2) is 0 Å². The summed E-state index contributed by atoms with van der Waals surface area (Å²) in [5.41, 5.74) is 2.37. The molecule has 1 unspecified atom stereocenters. The molecule has 4 heteroatoms. The van der Waals surface area contributed by atoms with Crippen LogP contribution in [0.3, 0.4) is 0 Å². The molecule has 1 N–H and O–H groups in total. The van der Waals surface area contributed by atoms with E-state index < -0.39 is 0 Å². The molecule has 106 valence electrons. The standard InChI is InChI=1S/C15H25N3O/c1-16-13-9-6-12(7-10-13)8-11-14(17(2)3)15(19)18(4)5/h6-7,9-10,14,16H,8,11H2,1-5H3. The van der Waals surface area contributed by atoms with Gasteiger partial charge in [-0.1, -0.05) is 12.1 Å². The van der Waals surface area contributed by atoms with Crippen LogP contribution in [0.5, 0.6) is 0 Å². The van der Waals surface area contributed by atoms with Gasteiger partial charge in [-0.2, -0.15) is 0 Å². The highest BCUT2D eigenvalue weighted by Gasteiger charge is 2.21. The lowest BCUT2D eigenvalue weighted by Crippen LogP contribution is -2.43. The van der Waals surface area contributed by atoms with Crippen LogP contribution in [-0.4, -0.2) is 57.0 Å². The first-order valence-electron chi connectivity index (χ1n) is 6.60. The van der Waals surface area contributed by atoms with Crippen molar-refractivity contribution >= 4 is 11.6 Å². The van der Waals surface area contributed by atoms with Crippen LogP contribution in [-0.2, 0) is 11.2 Å². The molecule has 0 fully saturated rings. The number of aryl methyl sites for hydroxylation is 1. The van der Waals surface area contributed by atoms with Gasteiger partial charge >= 0.3 is 0 Å². The molecule has 0 radical (unpaired) electrons. The molecule has 0 saturated carbocycles. The zero-order valence-electron chi connectivity index (χ0n) is 12.6. The number of anilines is 1. The van der Waals surface area contributed by atoms with Gasteiger partial charge in [-0.05, 0) is 44.6 Å². The normalized spacial score (nSPS) is 12.3. The summed E-state index contributed by atoms with van der Waals surface area (Å²) in [7, 11) is 9.43. The molecule has 19 heavy (non-hydrogen) atoms. The molecular formula is C15H25N3O. The molecule has 1 atom stereocenters. The van der Waals surface area contributed by atoms with Crippen molar-refractivity contribution in [3.8, 4) is 0 Å². The smallest absolute Gasteiger partial charge is 0.239 e. The van der Waals surface area contributed by atoms with Gasteiger partial charge in [0.1, 0.15) is 0 Å². The Bertz CT molecular complexity index is 398. The first-order valence-corrected chi connectivity index (χ1v) is 6.60. The van der Waals surface area contributed by atoms with E-state index in [0.717, 1.165) is 18.5 Å². The third kappa shape index (κ3) is 4.56. The van der Waals surface area contributed by atoms with E-state index in [9.17, 15) is 4.79 Å². The number of carbonyl (C=O) groups excluding carboxylic acids is 1. The molecule has 0 aliphatic rings. The summed E-state index contributed by atoms with van der Waals surface area (Å²) in [6, 6.07) is 8.29. The van der Waals surface area contributed by atoms with Crippen LogP contribution in [0, 0.1) is 0 Å². The SMILES string of the molecule is CNc1ccc(CCC(C(=O)N(C)C)N(C)C)cc1. The third-order valence-electron chi connectivity index (χ3n) is 3.30. The molecule has 0 spiro atoms. The summed E-state index contributed by atoms with van der Waals surface area (Å²) in [6.45, 7) is 0. The fraction of sp³-hybridized carbons (Fsp3) is 0.533. The molecule has 0 aromatic heterocycles. The minimum absolute atomic E-state index is 0.0565. The molecule has 1 aromatic rings. The summed E-state index contributed by atoms with van der Waals surface area (Å²) >= 11 is 0. The first kappa shape index (κ1) is 15.5. The van der Waals surface area contributed by atoms with Gasteiger partial charge in [0, 0.05) is 26.8 Å². The molecule has 1 amide bonds. The highest BCUT2D eigenvalue weighted by atomic mass is 16.2. The summed E-state index contributed by atoms with van der Waals surface area (Å²) in [4.78, 5) is 15.7. The lowest BCUT2D eigenvalue weighted by molar-refractivity contribution is -0.133. The Labute approximate surface area is 116 Å². The Morgan fingerprint density at radius 3 is 2.16 bits per heavy atom. The molecular weight excluding hydrogens is 238 g/mol. The monoisotopic (exact) mass is 263 g/mol. The second-order valence-electron chi connectivity index (χ2n) is 5.20. The van der Waals surface area contributed by atoms with Crippen LogP contribution in [0.2, 0.25) is 0 Å². The van der Waals surface area contributed by atoms with E-state index >= 15 is 0 Å². The quantitative estimate of drug-likeness (QED) is 0.848. The van der Waals surface area contributed by atoms with Gasteiger partial charge in [0.05, 0.1) is 6.04 Å². The lowest BCUT2D eigenvalue weighted by atomic mass is 10.0. The Kier molecular flexibility index (Phi) is 5.83. The highest BCUT2D eigenvalue weighted by molar-refractivity contribution is 5.81. The maximum Gasteiger partial charge on any atom is 0.239 e. The second-order valence-corrected chi connectivity index (χ2v) is 5.20. The van der Waals surface area contributed by atoms with Gasteiger partial charge in [-0.3, -0.25) is 9.69 Å². The van der Waals surface area contributed by atoms with Crippen LogP contribution >= 0.6 is 0 Å². The van der Waals surface area contributed by atoms with E-state index in [1.54, 1.807) is 19.0 Å². The number of rotatable bonds is 6. The van der Waals surface area contributed by atoms with Crippen LogP contribution < -0.4 is 5.32 Å². The summed E-state index contributed by atoms with van der Waals surface area (Å²) < 4.78 is 0. The highest BCUT2D eigenvalue weighted by Crippen LogP contribution is 2.13. The van der Waals surface area contributed by atoms with Crippen molar-refractivity contribution in [2.75, 3.05) is 40.6 Å². The zero-order chi connectivity index (χ0) is 14.4. The van der Waals surface area contributed by atoms with Crippen LogP contribution in [0.1, 0.15) is 12.0 Å². The number of carbonyl (C=O) groups is 1. The maximum absolute atomic E-state index is 12.1. The Hall–Kier alpha value is -1.55. The average Bonchev–Trinajstić information content (AvgIpc) is 2.39. The largest absolute Gasteiger partial charge is 0.388 e. The van der Waals surface area contributed by atoms with Crippen molar-refractivity contribution in [1.29, 1.82) is 0 Å². The van der Waals surface area contributed by atoms with Gasteiger partial charge < -0.3 is 10.2 Å². The molecule has 0 bridgehead atoms. The molecule has 0 aliphatic carbocycles. The average molecular weight is 263 g/mol. The van der Waals surface area contributed by atoms with Gasteiger partial charge in [0.25, 0.3) is 0 Å². The molecule has 0 heterocycles. The van der Waals surface area contributed by atoms with E-state index in [0.29, 0.717) is 0 Å². The number of likely N-dealkylation sites (N-methyl/N-ethyl adjacent to an activating group) is 2.